The summed E-state index contributed by atoms with van der Waals surface area (Å²) in [5.74, 6) is -0.734. The van der Waals surface area contributed by atoms with Crippen molar-refractivity contribution in [2.24, 2.45) is 0 Å². The number of nitrogens with one attached hydrogen (secondary N) is 1. The molecule has 0 bridgehead atoms. The second-order valence-electron chi connectivity index (χ2n) is 4.10. The van der Waals surface area contributed by atoms with Crippen LogP contribution in [0.25, 0.3) is 6.08 Å². The molecule has 0 atom stereocenters. The second-order valence-corrected chi connectivity index (χ2v) is 4.10. The van der Waals surface area contributed by atoms with E-state index >= 15 is 0 Å². The lowest BCUT2D eigenvalue weighted by Gasteiger charge is -2.12. The molecule has 0 unspecified atom stereocenters. The molecule has 0 fully saturated rings. The topological polar surface area (TPSA) is 49.9 Å². The molecule has 0 amide bonds. The number of hydrogen-bond acceptors (Lipinski definition) is 2. The van der Waals surface area contributed by atoms with Gasteiger partial charge in [0.1, 0.15) is 0 Å². The molecule has 3 heteroatoms. The van der Waals surface area contributed by atoms with Crippen molar-refractivity contribution in [2.75, 3.05) is 0 Å². The van der Waals surface area contributed by atoms with Gasteiger partial charge in [-0.25, -0.2) is 0 Å². The van der Waals surface area contributed by atoms with Crippen molar-refractivity contribution in [3.8, 4) is 0 Å². The summed E-state index contributed by atoms with van der Waals surface area (Å²) in [6.45, 7) is 0. The molecular formula is C12H11NO2. The fourth-order valence-electron chi connectivity index (χ4n) is 2.45. The third-order valence-corrected chi connectivity index (χ3v) is 3.18. The number of rotatable bonds is 0. The van der Waals surface area contributed by atoms with E-state index in [4.69, 9.17) is 0 Å². The number of Topliss-reactive ketones (excluding diaryl/α,β-unsaturated/α-hetero) is 1. The van der Waals surface area contributed by atoms with Crippen molar-refractivity contribution < 1.29 is 9.59 Å². The molecule has 0 aromatic carbocycles. The number of aryl methyl sites for hydroxylation is 1. The van der Waals surface area contributed by atoms with Gasteiger partial charge in [-0.3, -0.25) is 9.59 Å². The van der Waals surface area contributed by atoms with E-state index in [0.717, 1.165) is 42.6 Å². The van der Waals surface area contributed by atoms with Crippen molar-refractivity contribution in [1.29, 1.82) is 0 Å². The van der Waals surface area contributed by atoms with Crippen LogP contribution in [0.4, 0.5) is 0 Å². The van der Waals surface area contributed by atoms with Crippen molar-refractivity contribution in [3.63, 3.8) is 0 Å². The molecule has 0 aliphatic heterocycles. The molecular weight excluding hydrogens is 190 g/mol. The summed E-state index contributed by atoms with van der Waals surface area (Å²) in [7, 11) is 0. The van der Waals surface area contributed by atoms with Crippen LogP contribution in [-0.2, 0) is 17.6 Å². The Morgan fingerprint density at radius 2 is 1.87 bits per heavy atom. The van der Waals surface area contributed by atoms with Gasteiger partial charge in [-0.05, 0) is 43.4 Å². The van der Waals surface area contributed by atoms with Gasteiger partial charge in [0, 0.05) is 5.69 Å². The summed E-state index contributed by atoms with van der Waals surface area (Å²) in [5, 5.41) is 0. The number of H-pyrrole nitrogens is 1. The van der Waals surface area contributed by atoms with E-state index in [-0.39, 0.29) is 5.78 Å². The highest BCUT2D eigenvalue weighted by Gasteiger charge is 2.28. The van der Waals surface area contributed by atoms with E-state index in [0.29, 0.717) is 5.56 Å². The molecule has 3 nitrogen and oxygen atoms in total. The van der Waals surface area contributed by atoms with Gasteiger partial charge in [-0.15, -0.1) is 0 Å². The molecule has 0 radical (unpaired) electrons. The molecule has 1 aromatic rings. The van der Waals surface area contributed by atoms with E-state index < -0.39 is 5.78 Å². The van der Waals surface area contributed by atoms with Crippen molar-refractivity contribution >= 4 is 17.6 Å². The first-order chi connectivity index (χ1) is 7.27. The zero-order valence-corrected chi connectivity index (χ0v) is 8.30. The van der Waals surface area contributed by atoms with Gasteiger partial charge >= 0.3 is 0 Å². The Labute approximate surface area is 87.2 Å². The van der Waals surface area contributed by atoms with Crippen molar-refractivity contribution in [1.82, 2.24) is 4.98 Å². The summed E-state index contributed by atoms with van der Waals surface area (Å²) in [6, 6.07) is 0. The highest BCUT2D eigenvalue weighted by molar-refractivity contribution is 6.50. The van der Waals surface area contributed by atoms with Gasteiger partial charge < -0.3 is 4.98 Å². The first-order valence-electron chi connectivity index (χ1n) is 5.28. The lowest BCUT2D eigenvalue weighted by Crippen LogP contribution is -2.17. The maximum absolute atomic E-state index is 11.7. The molecule has 15 heavy (non-hydrogen) atoms. The van der Waals surface area contributed by atoms with E-state index in [1.807, 2.05) is 0 Å². The molecule has 3 rings (SSSR count). The minimum atomic E-state index is -0.394. The van der Waals surface area contributed by atoms with Crippen LogP contribution < -0.4 is 0 Å². The zero-order valence-electron chi connectivity index (χ0n) is 8.30. The minimum Gasteiger partial charge on any atom is -0.358 e. The molecule has 1 heterocycles. The first-order valence-corrected chi connectivity index (χ1v) is 5.28. The van der Waals surface area contributed by atoms with E-state index in [1.54, 1.807) is 6.08 Å². The van der Waals surface area contributed by atoms with Crippen molar-refractivity contribution in [2.45, 2.75) is 25.7 Å². The number of ketones is 2. The van der Waals surface area contributed by atoms with Crippen LogP contribution in [-0.4, -0.2) is 16.6 Å². The van der Waals surface area contributed by atoms with Crippen LogP contribution >= 0.6 is 0 Å². The van der Waals surface area contributed by atoms with E-state index in [2.05, 4.69) is 4.98 Å². The Balaban J connectivity index is 2.23. The standard InChI is InChI=1S/C12H11NO2/c14-10-6-5-9-11(12(10)15)7-3-1-2-4-8(7)13-9/h5-6,13H,1-4H2. The summed E-state index contributed by atoms with van der Waals surface area (Å²) < 4.78 is 0. The third kappa shape index (κ3) is 1.12. The molecule has 1 N–H and O–H groups in total. The fourth-order valence-corrected chi connectivity index (χ4v) is 2.45. The molecule has 1 aromatic heterocycles. The number of fused-ring (bicyclic) bond motifs is 3. The number of aromatic nitrogens is 1. The highest BCUT2D eigenvalue weighted by atomic mass is 16.2. The summed E-state index contributed by atoms with van der Waals surface area (Å²) >= 11 is 0. The largest absolute Gasteiger partial charge is 0.358 e. The van der Waals surface area contributed by atoms with Gasteiger partial charge in [0.05, 0.1) is 11.3 Å². The molecule has 76 valence electrons. The number of carbonyl (C=O) groups excluding carboxylic acids is 2. The predicted octanol–water partition coefficient (Wildman–Crippen LogP) is 1.67. The lowest BCUT2D eigenvalue weighted by molar-refractivity contribution is -0.110. The average molecular weight is 201 g/mol. The molecule has 2 aliphatic carbocycles. The molecule has 0 saturated carbocycles. The summed E-state index contributed by atoms with van der Waals surface area (Å²) in [4.78, 5) is 26.3. The Kier molecular flexibility index (Phi) is 1.69. The maximum atomic E-state index is 11.7. The van der Waals surface area contributed by atoms with Gasteiger partial charge in [0.15, 0.2) is 0 Å². The SMILES string of the molecule is O=C1C=Cc2[nH]c3c(c2C1=O)CCCC3. The van der Waals surface area contributed by atoms with Gasteiger partial charge in [-0.1, -0.05) is 0 Å². The number of allylic oxidation sites excluding steroid dienone is 1. The highest BCUT2D eigenvalue weighted by Crippen LogP contribution is 2.29. The quantitative estimate of drug-likeness (QED) is 0.649. The minimum absolute atomic E-state index is 0.341. The number of aromatic amines is 1. The van der Waals surface area contributed by atoms with Gasteiger partial charge in [-0.2, -0.15) is 0 Å². The monoisotopic (exact) mass is 201 g/mol. The average Bonchev–Trinajstić information content (AvgIpc) is 2.62. The van der Waals surface area contributed by atoms with Crippen LogP contribution in [0.5, 0.6) is 0 Å². The van der Waals surface area contributed by atoms with Gasteiger partial charge in [0.25, 0.3) is 0 Å². The second kappa shape index (κ2) is 2.92. The Hall–Kier alpha value is -1.64. The number of hydrogen-bond donors (Lipinski definition) is 1. The van der Waals surface area contributed by atoms with Crippen LogP contribution in [0, 0.1) is 0 Å². The Bertz CT molecular complexity index is 494. The third-order valence-electron chi connectivity index (χ3n) is 3.18. The molecule has 0 saturated heterocycles. The van der Waals surface area contributed by atoms with Crippen LogP contribution in [0.2, 0.25) is 0 Å². The van der Waals surface area contributed by atoms with Gasteiger partial charge in [0.2, 0.25) is 11.6 Å². The van der Waals surface area contributed by atoms with Crippen LogP contribution in [0.15, 0.2) is 6.08 Å². The number of carbonyl (C=O) groups is 2. The van der Waals surface area contributed by atoms with Crippen molar-refractivity contribution in [3.05, 3.63) is 28.6 Å². The van der Waals surface area contributed by atoms with E-state index in [1.165, 1.54) is 6.08 Å². The summed E-state index contributed by atoms with van der Waals surface area (Å²) in [5.41, 5.74) is 3.70. The van der Waals surface area contributed by atoms with Crippen LogP contribution in [0.3, 0.4) is 0 Å². The van der Waals surface area contributed by atoms with Crippen LogP contribution in [0.1, 0.15) is 40.2 Å². The predicted molar refractivity (Wildman–Crippen MR) is 55.8 cm³/mol. The van der Waals surface area contributed by atoms with E-state index in [9.17, 15) is 9.59 Å². The lowest BCUT2D eigenvalue weighted by atomic mass is 9.90. The maximum Gasteiger partial charge on any atom is 0.235 e. The Morgan fingerprint density at radius 1 is 1.07 bits per heavy atom. The molecule has 0 spiro atoms. The smallest absolute Gasteiger partial charge is 0.235 e. The Morgan fingerprint density at radius 3 is 2.73 bits per heavy atom. The molecule has 2 aliphatic rings. The zero-order chi connectivity index (χ0) is 10.4. The normalized spacial score (nSPS) is 18.9. The summed E-state index contributed by atoms with van der Waals surface area (Å²) in [6.07, 6.45) is 7.27. The first kappa shape index (κ1) is 8.65. The fraction of sp³-hybridized carbons (Fsp3) is 0.333.